The first-order valence-corrected chi connectivity index (χ1v) is 6.81. The fourth-order valence-electron chi connectivity index (χ4n) is 2.68. The van der Waals surface area contributed by atoms with E-state index in [2.05, 4.69) is 33.3 Å². The Balaban J connectivity index is 2.04. The van der Waals surface area contributed by atoms with E-state index in [1.165, 1.54) is 11.3 Å². The molecule has 0 saturated carbocycles. The number of anilines is 1. The third kappa shape index (κ3) is 2.18. The largest absolute Gasteiger partial charge is 0.373 e. The molecule has 4 nitrogen and oxygen atoms in total. The summed E-state index contributed by atoms with van der Waals surface area (Å²) in [7, 11) is 1.90. The van der Waals surface area contributed by atoms with Crippen molar-refractivity contribution in [3.63, 3.8) is 0 Å². The van der Waals surface area contributed by atoms with Gasteiger partial charge in [-0.15, -0.1) is 0 Å². The van der Waals surface area contributed by atoms with Crippen LogP contribution in [0.3, 0.4) is 0 Å². The van der Waals surface area contributed by atoms with Crippen molar-refractivity contribution in [1.82, 2.24) is 15.0 Å². The quantitative estimate of drug-likeness (QED) is 0.914. The molecular weight excluding hydrogens is 236 g/mol. The fourth-order valence-corrected chi connectivity index (χ4v) is 2.68. The molecular formula is C15H18N4. The zero-order chi connectivity index (χ0) is 13.2. The SMILES string of the molecule is CCc1nc(NC)cc(C2CCc3cccnc32)n1. The molecule has 2 heterocycles. The van der Waals surface area contributed by atoms with E-state index < -0.39 is 0 Å². The second-order valence-corrected chi connectivity index (χ2v) is 4.84. The summed E-state index contributed by atoms with van der Waals surface area (Å²) >= 11 is 0. The number of fused-ring (bicyclic) bond motifs is 1. The predicted molar refractivity (Wildman–Crippen MR) is 75.4 cm³/mol. The Morgan fingerprint density at radius 3 is 3.05 bits per heavy atom. The van der Waals surface area contributed by atoms with Crippen molar-refractivity contribution < 1.29 is 0 Å². The highest BCUT2D eigenvalue weighted by Crippen LogP contribution is 2.36. The molecule has 0 radical (unpaired) electrons. The van der Waals surface area contributed by atoms with Crippen molar-refractivity contribution in [1.29, 1.82) is 0 Å². The van der Waals surface area contributed by atoms with Gasteiger partial charge in [0.25, 0.3) is 0 Å². The number of nitrogens with one attached hydrogen (secondary N) is 1. The molecule has 4 heteroatoms. The van der Waals surface area contributed by atoms with Crippen LogP contribution in [0, 0.1) is 0 Å². The molecule has 0 aliphatic heterocycles. The third-order valence-corrected chi connectivity index (χ3v) is 3.68. The first-order chi connectivity index (χ1) is 9.31. The average molecular weight is 254 g/mol. The molecule has 0 saturated heterocycles. The van der Waals surface area contributed by atoms with Gasteiger partial charge < -0.3 is 5.32 Å². The molecule has 2 aromatic rings. The lowest BCUT2D eigenvalue weighted by molar-refractivity contribution is 0.730. The molecule has 1 N–H and O–H groups in total. The molecule has 3 rings (SSSR count). The van der Waals surface area contributed by atoms with Crippen LogP contribution in [0.2, 0.25) is 0 Å². The van der Waals surface area contributed by atoms with Crippen molar-refractivity contribution in [3.05, 3.63) is 47.2 Å². The maximum Gasteiger partial charge on any atom is 0.130 e. The van der Waals surface area contributed by atoms with Gasteiger partial charge in [0.05, 0.1) is 11.4 Å². The summed E-state index contributed by atoms with van der Waals surface area (Å²) in [5.41, 5.74) is 3.63. The monoisotopic (exact) mass is 254 g/mol. The van der Waals surface area contributed by atoms with E-state index in [-0.39, 0.29) is 0 Å². The highest BCUT2D eigenvalue weighted by Gasteiger charge is 2.26. The molecule has 98 valence electrons. The van der Waals surface area contributed by atoms with Crippen molar-refractivity contribution in [2.45, 2.75) is 32.1 Å². The van der Waals surface area contributed by atoms with Gasteiger partial charge in [0.2, 0.25) is 0 Å². The van der Waals surface area contributed by atoms with Gasteiger partial charge in [-0.1, -0.05) is 13.0 Å². The number of aryl methyl sites for hydroxylation is 2. The topological polar surface area (TPSA) is 50.7 Å². The Morgan fingerprint density at radius 2 is 2.26 bits per heavy atom. The summed E-state index contributed by atoms with van der Waals surface area (Å²) in [6.45, 7) is 2.08. The van der Waals surface area contributed by atoms with Crippen LogP contribution in [0.15, 0.2) is 24.4 Å². The van der Waals surface area contributed by atoms with Gasteiger partial charge in [0, 0.05) is 31.6 Å². The second-order valence-electron chi connectivity index (χ2n) is 4.84. The van der Waals surface area contributed by atoms with E-state index in [0.717, 1.165) is 36.6 Å². The number of nitrogens with zero attached hydrogens (tertiary/aromatic N) is 3. The fraction of sp³-hybridized carbons (Fsp3) is 0.400. The van der Waals surface area contributed by atoms with Crippen LogP contribution in [-0.4, -0.2) is 22.0 Å². The summed E-state index contributed by atoms with van der Waals surface area (Å²) in [4.78, 5) is 13.7. The Kier molecular flexibility index (Phi) is 3.15. The van der Waals surface area contributed by atoms with Crippen LogP contribution in [0.25, 0.3) is 0 Å². The van der Waals surface area contributed by atoms with Gasteiger partial charge in [0.15, 0.2) is 0 Å². The minimum absolute atomic E-state index is 0.316. The normalized spacial score (nSPS) is 17.3. The third-order valence-electron chi connectivity index (χ3n) is 3.68. The van der Waals surface area contributed by atoms with Gasteiger partial charge in [-0.2, -0.15) is 0 Å². The molecule has 0 amide bonds. The molecule has 2 aromatic heterocycles. The zero-order valence-electron chi connectivity index (χ0n) is 11.3. The minimum Gasteiger partial charge on any atom is -0.373 e. The standard InChI is InChI=1S/C15H18N4/c1-3-13-18-12(9-14(16-2)19-13)11-7-6-10-5-4-8-17-15(10)11/h4-5,8-9,11H,3,6-7H2,1-2H3,(H,16,18,19). The number of hydrogen-bond donors (Lipinski definition) is 1. The molecule has 0 aromatic carbocycles. The molecule has 1 unspecified atom stereocenters. The Hall–Kier alpha value is -1.97. The summed E-state index contributed by atoms with van der Waals surface area (Å²) in [6.07, 6.45) is 4.91. The lowest BCUT2D eigenvalue weighted by Crippen LogP contribution is -2.07. The van der Waals surface area contributed by atoms with Gasteiger partial charge in [-0.3, -0.25) is 4.98 Å². The molecule has 1 aliphatic carbocycles. The molecule has 1 aliphatic rings. The van der Waals surface area contributed by atoms with Crippen LogP contribution >= 0.6 is 0 Å². The Bertz CT molecular complexity index is 572. The van der Waals surface area contributed by atoms with Crippen LogP contribution in [-0.2, 0) is 12.8 Å². The first-order valence-electron chi connectivity index (χ1n) is 6.81. The second kappa shape index (κ2) is 4.96. The maximum absolute atomic E-state index is 4.69. The molecule has 0 bridgehead atoms. The lowest BCUT2D eigenvalue weighted by Gasteiger charge is -2.12. The van der Waals surface area contributed by atoms with Crippen LogP contribution in [0.4, 0.5) is 5.82 Å². The van der Waals surface area contributed by atoms with Gasteiger partial charge in [-0.05, 0) is 24.5 Å². The Labute approximate surface area is 113 Å². The van der Waals surface area contributed by atoms with E-state index in [9.17, 15) is 0 Å². The summed E-state index contributed by atoms with van der Waals surface area (Å²) in [6, 6.07) is 6.23. The maximum atomic E-state index is 4.69. The van der Waals surface area contributed by atoms with Crippen LogP contribution in [0.1, 0.15) is 42.0 Å². The van der Waals surface area contributed by atoms with E-state index in [4.69, 9.17) is 0 Å². The van der Waals surface area contributed by atoms with E-state index in [1.54, 1.807) is 0 Å². The summed E-state index contributed by atoms with van der Waals surface area (Å²) in [5, 5.41) is 3.12. The van der Waals surface area contributed by atoms with Crippen LogP contribution < -0.4 is 5.32 Å². The van der Waals surface area contributed by atoms with Crippen molar-refractivity contribution in [2.75, 3.05) is 12.4 Å². The van der Waals surface area contributed by atoms with Gasteiger partial charge >= 0.3 is 0 Å². The van der Waals surface area contributed by atoms with E-state index >= 15 is 0 Å². The molecule has 1 atom stereocenters. The smallest absolute Gasteiger partial charge is 0.130 e. The number of aromatic nitrogens is 3. The van der Waals surface area contributed by atoms with Crippen LogP contribution in [0.5, 0.6) is 0 Å². The lowest BCUT2D eigenvalue weighted by atomic mass is 10.0. The molecule has 19 heavy (non-hydrogen) atoms. The Morgan fingerprint density at radius 1 is 1.37 bits per heavy atom. The highest BCUT2D eigenvalue weighted by molar-refractivity contribution is 5.41. The molecule has 0 fully saturated rings. The first kappa shape index (κ1) is 12.1. The molecule has 0 spiro atoms. The minimum atomic E-state index is 0.316. The number of hydrogen-bond acceptors (Lipinski definition) is 4. The van der Waals surface area contributed by atoms with Crippen molar-refractivity contribution in [2.24, 2.45) is 0 Å². The zero-order valence-corrected chi connectivity index (χ0v) is 11.3. The van der Waals surface area contributed by atoms with E-state index in [1.807, 2.05) is 25.4 Å². The summed E-state index contributed by atoms with van der Waals surface area (Å²) < 4.78 is 0. The predicted octanol–water partition coefficient (Wildman–Crippen LogP) is 2.55. The number of pyridine rings is 1. The van der Waals surface area contributed by atoms with Gasteiger partial charge in [-0.25, -0.2) is 9.97 Å². The van der Waals surface area contributed by atoms with Crippen molar-refractivity contribution in [3.8, 4) is 0 Å². The van der Waals surface area contributed by atoms with E-state index in [0.29, 0.717) is 5.92 Å². The van der Waals surface area contributed by atoms with Gasteiger partial charge in [0.1, 0.15) is 11.6 Å². The average Bonchev–Trinajstić information content (AvgIpc) is 2.90. The van der Waals surface area contributed by atoms with Crippen molar-refractivity contribution >= 4 is 5.82 Å². The summed E-state index contributed by atoms with van der Waals surface area (Å²) in [5.74, 6) is 2.11. The number of rotatable bonds is 3. The highest BCUT2D eigenvalue weighted by atomic mass is 15.0.